The molecule has 0 amide bonds. The number of nitrogens with two attached hydrogens (primary N) is 1. The van der Waals surface area contributed by atoms with Gasteiger partial charge in [0.05, 0.1) is 22.3 Å². The number of nitrogen functional groups attached to an aromatic ring is 1. The van der Waals surface area contributed by atoms with Crippen molar-refractivity contribution in [2.75, 3.05) is 5.73 Å². The Hall–Kier alpha value is -2.47. The van der Waals surface area contributed by atoms with Crippen molar-refractivity contribution in [3.8, 4) is 0 Å². The van der Waals surface area contributed by atoms with Crippen molar-refractivity contribution in [2.24, 2.45) is 0 Å². The Morgan fingerprint density at radius 3 is 2.68 bits per heavy atom. The Morgan fingerprint density at radius 1 is 1.27 bits per heavy atom. The molecule has 0 aliphatic heterocycles. The molecule has 1 unspecified atom stereocenters. The van der Waals surface area contributed by atoms with Gasteiger partial charge in [-0.05, 0) is 18.2 Å². The molecule has 2 N–H and O–H groups in total. The minimum Gasteiger partial charge on any atom is -0.397 e. The van der Waals surface area contributed by atoms with Crippen LogP contribution < -0.4 is 5.73 Å². The second kappa shape index (κ2) is 5.73. The highest BCUT2D eigenvalue weighted by Gasteiger charge is 2.18. The van der Waals surface area contributed by atoms with Gasteiger partial charge in [0.15, 0.2) is 22.4 Å². The summed E-state index contributed by atoms with van der Waals surface area (Å²) in [5, 5.41) is 0.635. The van der Waals surface area contributed by atoms with Crippen LogP contribution in [0.2, 0.25) is 0 Å². The van der Waals surface area contributed by atoms with Crippen LogP contribution in [-0.4, -0.2) is 18.9 Å². The maximum Gasteiger partial charge on any atom is 0.165 e. The summed E-state index contributed by atoms with van der Waals surface area (Å²) >= 11 is 0. The van der Waals surface area contributed by atoms with Crippen LogP contribution in [0.5, 0.6) is 0 Å². The van der Waals surface area contributed by atoms with E-state index in [2.05, 4.69) is 4.98 Å². The topological polar surface area (TPSA) is 78.0 Å². The predicted octanol–water partition coefficient (Wildman–Crippen LogP) is 2.78. The van der Waals surface area contributed by atoms with E-state index in [4.69, 9.17) is 5.73 Å². The highest BCUT2D eigenvalue weighted by Crippen LogP contribution is 2.26. The molecule has 112 valence electrons. The van der Waals surface area contributed by atoms with Crippen LogP contribution in [-0.2, 0) is 11.0 Å². The summed E-state index contributed by atoms with van der Waals surface area (Å²) in [4.78, 5) is 17.0. The highest BCUT2D eigenvalue weighted by molar-refractivity contribution is 7.83. The van der Waals surface area contributed by atoms with E-state index in [1.807, 2.05) is 18.2 Å². The average Bonchev–Trinajstić information content (AvgIpc) is 2.98. The lowest BCUT2D eigenvalue weighted by molar-refractivity contribution is 0.0990. The Kier molecular flexibility index (Phi) is 3.77. The van der Waals surface area contributed by atoms with Crippen LogP contribution in [0.4, 0.5) is 5.69 Å². The second-order valence-electron chi connectivity index (χ2n) is 4.81. The number of nitrogens with zero attached hydrogens (tertiary/aromatic N) is 2. The van der Waals surface area contributed by atoms with Crippen LogP contribution in [0.1, 0.15) is 23.7 Å². The molecular formula is C16H15N3O2S. The number of fused-ring (bicyclic) bond motifs is 1. The lowest BCUT2D eigenvalue weighted by Crippen LogP contribution is -2.07. The molecule has 1 aromatic carbocycles. The molecule has 2 aromatic heterocycles. The van der Waals surface area contributed by atoms with Crippen molar-refractivity contribution in [1.29, 1.82) is 0 Å². The number of aromatic nitrogens is 2. The van der Waals surface area contributed by atoms with Crippen LogP contribution in [0.3, 0.4) is 0 Å². The van der Waals surface area contributed by atoms with Gasteiger partial charge in [-0.25, -0.2) is 13.2 Å². The third-order valence-electron chi connectivity index (χ3n) is 3.43. The number of Topliss-reactive ketones (excluding diaryl/α,β-unsaturated/α-hetero) is 1. The molecule has 0 aliphatic carbocycles. The predicted molar refractivity (Wildman–Crippen MR) is 87.0 cm³/mol. The summed E-state index contributed by atoms with van der Waals surface area (Å²) in [5.41, 5.74) is 7.19. The molecule has 0 spiro atoms. The summed E-state index contributed by atoms with van der Waals surface area (Å²) < 4.78 is 14.2. The second-order valence-corrected chi connectivity index (χ2v) is 6.17. The molecular weight excluding hydrogens is 298 g/mol. The zero-order valence-corrected chi connectivity index (χ0v) is 12.8. The maximum absolute atomic E-state index is 12.7. The number of carbonyl (C=O) groups is 1. The number of rotatable bonds is 4. The zero-order chi connectivity index (χ0) is 15.7. The van der Waals surface area contributed by atoms with Gasteiger partial charge < -0.3 is 5.73 Å². The monoisotopic (exact) mass is 313 g/mol. The number of pyridine rings is 1. The average molecular weight is 313 g/mol. The fraction of sp³-hybridized carbons (Fsp3) is 0.125. The molecule has 0 saturated heterocycles. The van der Waals surface area contributed by atoms with Crippen molar-refractivity contribution >= 4 is 33.5 Å². The first kappa shape index (κ1) is 14.5. The van der Waals surface area contributed by atoms with E-state index in [-0.39, 0.29) is 5.78 Å². The number of ketones is 1. The largest absolute Gasteiger partial charge is 0.397 e. The molecule has 2 heterocycles. The quantitative estimate of drug-likeness (QED) is 0.751. The smallest absolute Gasteiger partial charge is 0.165 e. The fourth-order valence-corrected chi connectivity index (χ4v) is 3.44. The molecule has 5 nitrogen and oxygen atoms in total. The molecule has 0 fully saturated rings. The first-order valence-electron chi connectivity index (χ1n) is 6.89. The summed E-state index contributed by atoms with van der Waals surface area (Å²) in [7, 11) is -1.42. The summed E-state index contributed by atoms with van der Waals surface area (Å²) in [6.07, 6.45) is 3.48. The minimum absolute atomic E-state index is 0.0480. The number of hydrogen-bond acceptors (Lipinski definition) is 4. The Morgan fingerprint density at radius 2 is 2.00 bits per heavy atom. The normalized spacial score (nSPS) is 12.4. The lowest BCUT2D eigenvalue weighted by Gasteiger charge is -2.07. The summed E-state index contributed by atoms with van der Waals surface area (Å²) in [6, 6.07) is 10.8. The van der Waals surface area contributed by atoms with Crippen LogP contribution >= 0.6 is 0 Å². The van der Waals surface area contributed by atoms with Gasteiger partial charge >= 0.3 is 0 Å². The van der Waals surface area contributed by atoms with Crippen molar-refractivity contribution in [1.82, 2.24) is 8.96 Å². The SMILES string of the molecule is CCC(=O)c1c(N)cnc2c1ccn2S(=O)c1ccccc1. The van der Waals surface area contributed by atoms with Crippen molar-refractivity contribution in [3.05, 3.63) is 54.4 Å². The fourth-order valence-electron chi connectivity index (χ4n) is 2.35. The molecule has 3 aromatic rings. The molecule has 0 radical (unpaired) electrons. The van der Waals surface area contributed by atoms with E-state index >= 15 is 0 Å². The van der Waals surface area contributed by atoms with Gasteiger partial charge in [0.1, 0.15) is 0 Å². The van der Waals surface area contributed by atoms with Gasteiger partial charge in [0.2, 0.25) is 0 Å². The van der Waals surface area contributed by atoms with Crippen molar-refractivity contribution < 1.29 is 9.00 Å². The van der Waals surface area contributed by atoms with Gasteiger partial charge in [-0.15, -0.1) is 0 Å². The molecule has 0 saturated carbocycles. The lowest BCUT2D eigenvalue weighted by atomic mass is 10.1. The molecule has 0 aliphatic rings. The van der Waals surface area contributed by atoms with E-state index < -0.39 is 11.0 Å². The number of hydrogen-bond donors (Lipinski definition) is 1. The van der Waals surface area contributed by atoms with Crippen molar-refractivity contribution in [3.63, 3.8) is 0 Å². The van der Waals surface area contributed by atoms with Crippen LogP contribution in [0.15, 0.2) is 53.7 Å². The maximum atomic E-state index is 12.7. The van der Waals surface area contributed by atoms with Gasteiger partial charge in [0, 0.05) is 18.0 Å². The van der Waals surface area contributed by atoms with E-state index in [0.717, 1.165) is 0 Å². The zero-order valence-electron chi connectivity index (χ0n) is 12.0. The minimum atomic E-state index is -1.42. The standard InChI is InChI=1S/C16H15N3O2S/c1-2-14(20)15-12-8-9-19(16(12)18-10-13(15)17)22(21)11-6-4-3-5-7-11/h3-10H,2,17H2,1H3. The Balaban J connectivity index is 2.18. The van der Waals surface area contributed by atoms with Gasteiger partial charge in [0.25, 0.3) is 0 Å². The number of carbonyl (C=O) groups excluding carboxylic acids is 1. The van der Waals surface area contributed by atoms with E-state index in [1.165, 1.54) is 6.20 Å². The Labute approximate surface area is 130 Å². The van der Waals surface area contributed by atoms with E-state index in [1.54, 1.807) is 35.3 Å². The van der Waals surface area contributed by atoms with E-state index in [9.17, 15) is 9.00 Å². The van der Waals surface area contributed by atoms with Crippen LogP contribution in [0, 0.1) is 0 Å². The first-order chi connectivity index (χ1) is 10.6. The first-order valence-corrected chi connectivity index (χ1v) is 8.00. The third kappa shape index (κ3) is 2.31. The summed E-state index contributed by atoms with van der Waals surface area (Å²) in [6.45, 7) is 1.78. The van der Waals surface area contributed by atoms with E-state index in [0.29, 0.717) is 33.6 Å². The van der Waals surface area contributed by atoms with Crippen molar-refractivity contribution in [2.45, 2.75) is 18.2 Å². The molecule has 6 heteroatoms. The molecule has 22 heavy (non-hydrogen) atoms. The molecule has 3 rings (SSSR count). The van der Waals surface area contributed by atoms with Crippen LogP contribution in [0.25, 0.3) is 11.0 Å². The molecule has 1 atom stereocenters. The highest BCUT2D eigenvalue weighted by atomic mass is 32.2. The number of benzene rings is 1. The van der Waals surface area contributed by atoms with Gasteiger partial charge in [-0.3, -0.25) is 4.79 Å². The third-order valence-corrected chi connectivity index (χ3v) is 4.76. The van der Waals surface area contributed by atoms with Gasteiger partial charge in [-0.1, -0.05) is 25.1 Å². The number of anilines is 1. The van der Waals surface area contributed by atoms with Gasteiger partial charge in [-0.2, -0.15) is 0 Å². The molecule has 0 bridgehead atoms. The Bertz CT molecular complexity index is 872. The summed E-state index contributed by atoms with van der Waals surface area (Å²) in [5.74, 6) is -0.0480.